The van der Waals surface area contributed by atoms with E-state index in [1.54, 1.807) is 0 Å². The number of rotatable bonds is 7. The van der Waals surface area contributed by atoms with Gasteiger partial charge >= 0.3 is 0 Å². The van der Waals surface area contributed by atoms with Crippen molar-refractivity contribution in [3.05, 3.63) is 70.4 Å². The maximum absolute atomic E-state index is 9.99. The molecule has 0 spiro atoms. The van der Waals surface area contributed by atoms with Crippen LogP contribution in [0.4, 0.5) is 0 Å². The first-order valence-electron chi connectivity index (χ1n) is 10.5. The van der Waals surface area contributed by atoms with E-state index in [9.17, 15) is 5.11 Å². The first kappa shape index (κ1) is 25.0. The lowest BCUT2D eigenvalue weighted by Crippen LogP contribution is -2.28. The molecular weight excluding hydrogens is 356 g/mol. The molecule has 0 aromatic carbocycles. The molecular formula is C27H38O2. The Balaban J connectivity index is 2.70. The van der Waals surface area contributed by atoms with Crippen molar-refractivity contribution in [2.45, 2.75) is 73.3 Å². The van der Waals surface area contributed by atoms with Crippen molar-refractivity contribution < 1.29 is 10.2 Å². The molecule has 0 aliphatic heterocycles. The van der Waals surface area contributed by atoms with E-state index in [0.717, 1.165) is 31.3 Å². The topological polar surface area (TPSA) is 40.5 Å². The molecule has 2 nitrogen and oxygen atoms in total. The SMILES string of the molecule is CC1=C(C#C/C(C)=C/C=C/C(C)=C/C=C/C=C(\C)CCCO)C(C)(C)CC(O)C1. The van der Waals surface area contributed by atoms with Gasteiger partial charge in [0.15, 0.2) is 0 Å². The van der Waals surface area contributed by atoms with E-state index in [1.807, 2.05) is 31.2 Å². The van der Waals surface area contributed by atoms with E-state index < -0.39 is 0 Å². The summed E-state index contributed by atoms with van der Waals surface area (Å²) in [4.78, 5) is 0. The zero-order valence-electron chi connectivity index (χ0n) is 19.0. The lowest BCUT2D eigenvalue weighted by Gasteiger charge is -2.34. The number of hydrogen-bond donors (Lipinski definition) is 2. The summed E-state index contributed by atoms with van der Waals surface area (Å²) in [5.41, 5.74) is 5.77. The average molecular weight is 395 g/mol. The average Bonchev–Trinajstić information content (AvgIpc) is 2.62. The molecule has 0 saturated heterocycles. The Morgan fingerprint density at radius 1 is 1.10 bits per heavy atom. The van der Waals surface area contributed by atoms with Crippen LogP contribution >= 0.6 is 0 Å². The monoisotopic (exact) mass is 394 g/mol. The lowest BCUT2D eigenvalue weighted by molar-refractivity contribution is 0.117. The Morgan fingerprint density at radius 2 is 1.79 bits per heavy atom. The minimum atomic E-state index is -0.251. The second kappa shape index (κ2) is 12.5. The molecule has 1 atom stereocenters. The largest absolute Gasteiger partial charge is 0.396 e. The van der Waals surface area contributed by atoms with Crippen molar-refractivity contribution in [3.63, 3.8) is 0 Å². The van der Waals surface area contributed by atoms with Gasteiger partial charge in [0.25, 0.3) is 0 Å². The normalized spacial score (nSPS) is 21.1. The highest BCUT2D eigenvalue weighted by Crippen LogP contribution is 2.39. The molecule has 2 N–H and O–H groups in total. The van der Waals surface area contributed by atoms with Gasteiger partial charge in [0.2, 0.25) is 0 Å². The fourth-order valence-electron chi connectivity index (χ4n) is 3.54. The van der Waals surface area contributed by atoms with Crippen LogP contribution in [0.2, 0.25) is 0 Å². The predicted molar refractivity (Wildman–Crippen MR) is 125 cm³/mol. The molecule has 1 rings (SSSR count). The van der Waals surface area contributed by atoms with E-state index in [2.05, 4.69) is 64.7 Å². The molecule has 1 unspecified atom stereocenters. The third-order valence-electron chi connectivity index (χ3n) is 5.06. The molecule has 158 valence electrons. The Hall–Kier alpha value is -2.08. The minimum absolute atomic E-state index is 0.0680. The number of aliphatic hydroxyl groups is 2. The van der Waals surface area contributed by atoms with Gasteiger partial charge in [-0.15, -0.1) is 0 Å². The summed E-state index contributed by atoms with van der Waals surface area (Å²) in [5.74, 6) is 6.63. The van der Waals surface area contributed by atoms with E-state index >= 15 is 0 Å². The van der Waals surface area contributed by atoms with Gasteiger partial charge in [-0.2, -0.15) is 0 Å². The van der Waals surface area contributed by atoms with Crippen LogP contribution in [-0.2, 0) is 0 Å². The third-order valence-corrected chi connectivity index (χ3v) is 5.06. The minimum Gasteiger partial charge on any atom is -0.396 e. The maximum Gasteiger partial charge on any atom is 0.0586 e. The standard InChI is InChI=1S/C27H38O2/c1-21(11-7-8-12-22(2)15-10-18-28)13-9-14-23(3)16-17-26-24(4)19-25(29)20-27(26,5)6/h7-9,11-14,25,28-29H,10,15,18-20H2,1-6H3/b8-7+,13-9+,21-11+,22-12+,23-14+. The molecule has 0 radical (unpaired) electrons. The van der Waals surface area contributed by atoms with Gasteiger partial charge in [0.1, 0.15) is 0 Å². The van der Waals surface area contributed by atoms with Gasteiger partial charge in [-0.05, 0) is 59.0 Å². The van der Waals surface area contributed by atoms with Crippen LogP contribution < -0.4 is 0 Å². The number of allylic oxidation sites excluding steroid dienone is 11. The van der Waals surface area contributed by atoms with Crippen molar-refractivity contribution in [2.24, 2.45) is 5.41 Å². The van der Waals surface area contributed by atoms with E-state index in [0.29, 0.717) is 0 Å². The van der Waals surface area contributed by atoms with Crippen molar-refractivity contribution in [3.8, 4) is 11.8 Å². The van der Waals surface area contributed by atoms with Crippen molar-refractivity contribution in [2.75, 3.05) is 6.61 Å². The predicted octanol–water partition coefficient (Wildman–Crippen LogP) is 6.21. The summed E-state index contributed by atoms with van der Waals surface area (Å²) in [5, 5.41) is 18.8. The summed E-state index contributed by atoms with van der Waals surface area (Å²) >= 11 is 0. The Kier molecular flexibility index (Phi) is 10.7. The molecule has 0 bridgehead atoms. The van der Waals surface area contributed by atoms with E-state index in [-0.39, 0.29) is 18.1 Å². The first-order valence-corrected chi connectivity index (χ1v) is 10.5. The number of aliphatic hydroxyl groups excluding tert-OH is 2. The third kappa shape index (κ3) is 9.79. The smallest absolute Gasteiger partial charge is 0.0586 e. The van der Waals surface area contributed by atoms with Gasteiger partial charge in [-0.3, -0.25) is 0 Å². The van der Waals surface area contributed by atoms with Gasteiger partial charge in [-0.1, -0.05) is 84.9 Å². The molecule has 0 aromatic heterocycles. The van der Waals surface area contributed by atoms with E-state index in [4.69, 9.17) is 5.11 Å². The Labute approximate surface area is 178 Å². The van der Waals surface area contributed by atoms with Gasteiger partial charge in [0, 0.05) is 17.6 Å². The summed E-state index contributed by atoms with van der Waals surface area (Å²) in [7, 11) is 0. The van der Waals surface area contributed by atoms with Crippen LogP contribution in [0, 0.1) is 17.3 Å². The summed E-state index contributed by atoms with van der Waals surface area (Å²) < 4.78 is 0. The quantitative estimate of drug-likeness (QED) is 0.398. The van der Waals surface area contributed by atoms with Crippen molar-refractivity contribution >= 4 is 0 Å². The van der Waals surface area contributed by atoms with Gasteiger partial charge < -0.3 is 10.2 Å². The highest BCUT2D eigenvalue weighted by Gasteiger charge is 2.31. The molecule has 0 aromatic rings. The van der Waals surface area contributed by atoms with Crippen LogP contribution in [0.15, 0.2) is 70.4 Å². The van der Waals surface area contributed by atoms with Gasteiger partial charge in [0.05, 0.1) is 6.10 Å². The zero-order valence-corrected chi connectivity index (χ0v) is 19.0. The van der Waals surface area contributed by atoms with Crippen molar-refractivity contribution in [1.29, 1.82) is 0 Å². The van der Waals surface area contributed by atoms with Crippen LogP contribution in [0.1, 0.15) is 67.2 Å². The van der Waals surface area contributed by atoms with Crippen LogP contribution in [0.5, 0.6) is 0 Å². The summed E-state index contributed by atoms with van der Waals surface area (Å²) in [6.45, 7) is 12.8. The Bertz CT molecular complexity index is 786. The molecule has 0 amide bonds. The zero-order chi connectivity index (χ0) is 21.9. The fourth-order valence-corrected chi connectivity index (χ4v) is 3.54. The van der Waals surface area contributed by atoms with E-state index in [1.165, 1.54) is 22.3 Å². The molecule has 29 heavy (non-hydrogen) atoms. The fraction of sp³-hybridized carbons (Fsp3) is 0.481. The summed E-state index contributed by atoms with van der Waals surface area (Å²) in [6, 6.07) is 0. The number of hydrogen-bond acceptors (Lipinski definition) is 2. The second-order valence-electron chi connectivity index (χ2n) is 8.70. The maximum atomic E-state index is 9.99. The summed E-state index contributed by atoms with van der Waals surface area (Å²) in [6.07, 6.45) is 17.4. The molecule has 0 heterocycles. The molecule has 1 aliphatic carbocycles. The van der Waals surface area contributed by atoms with Crippen molar-refractivity contribution in [1.82, 2.24) is 0 Å². The second-order valence-corrected chi connectivity index (χ2v) is 8.70. The van der Waals surface area contributed by atoms with Gasteiger partial charge in [-0.25, -0.2) is 0 Å². The first-order chi connectivity index (χ1) is 13.7. The van der Waals surface area contributed by atoms with Crippen LogP contribution in [0.25, 0.3) is 0 Å². The molecule has 0 fully saturated rings. The van der Waals surface area contributed by atoms with Crippen LogP contribution in [0.3, 0.4) is 0 Å². The highest BCUT2D eigenvalue weighted by molar-refractivity contribution is 5.45. The molecule has 0 saturated carbocycles. The Morgan fingerprint density at radius 3 is 2.45 bits per heavy atom. The molecule has 2 heteroatoms. The van der Waals surface area contributed by atoms with Crippen LogP contribution in [-0.4, -0.2) is 22.9 Å². The lowest BCUT2D eigenvalue weighted by atomic mass is 9.72. The molecule has 1 aliphatic rings. The highest BCUT2D eigenvalue weighted by atomic mass is 16.3.